The van der Waals surface area contributed by atoms with Crippen molar-refractivity contribution in [1.29, 1.82) is 0 Å². The summed E-state index contributed by atoms with van der Waals surface area (Å²) >= 11 is 5.88. The summed E-state index contributed by atoms with van der Waals surface area (Å²) in [4.78, 5) is 4.25. The van der Waals surface area contributed by atoms with Gasteiger partial charge < -0.3 is 9.73 Å². The van der Waals surface area contributed by atoms with Gasteiger partial charge in [-0.15, -0.1) is 0 Å². The van der Waals surface area contributed by atoms with Gasteiger partial charge in [-0.1, -0.05) is 17.7 Å². The summed E-state index contributed by atoms with van der Waals surface area (Å²) in [6, 6.07) is 10.00. The summed E-state index contributed by atoms with van der Waals surface area (Å²) in [6.45, 7) is 1.88. The predicted molar refractivity (Wildman–Crippen MR) is 73.4 cm³/mol. The third kappa shape index (κ3) is 2.39. The molecule has 0 radical (unpaired) electrons. The lowest BCUT2D eigenvalue weighted by atomic mass is 10.2. The molecule has 96 valence electrons. The molecule has 0 atom stereocenters. The fraction of sp³-hybridized carbons (Fsp3) is 0.0714. The fourth-order valence-electron chi connectivity index (χ4n) is 1.80. The number of aryl methyl sites for hydroxylation is 1. The van der Waals surface area contributed by atoms with Crippen LogP contribution in [0.5, 0.6) is 0 Å². The van der Waals surface area contributed by atoms with E-state index in [9.17, 15) is 4.39 Å². The number of aromatic nitrogens is 1. The molecule has 0 saturated heterocycles. The normalized spacial score (nSPS) is 10.9. The van der Waals surface area contributed by atoms with Crippen LogP contribution in [0.1, 0.15) is 5.56 Å². The SMILES string of the molecule is Cc1ccc(F)cc1Nc1nc2cc(Cl)ccc2o1. The van der Waals surface area contributed by atoms with Gasteiger partial charge in [0.2, 0.25) is 0 Å². The Morgan fingerprint density at radius 3 is 2.89 bits per heavy atom. The first-order valence-electron chi connectivity index (χ1n) is 5.71. The standard InChI is InChI=1S/C14H10ClFN2O/c1-8-2-4-10(16)7-11(8)17-14-18-12-6-9(15)3-5-13(12)19-14/h2-7H,1H3,(H,17,18). The Balaban J connectivity index is 1.98. The second kappa shape index (κ2) is 4.55. The van der Waals surface area contributed by atoms with Crippen LogP contribution in [0.25, 0.3) is 11.1 Å². The summed E-state index contributed by atoms with van der Waals surface area (Å²) in [5.41, 5.74) is 2.81. The average molecular weight is 277 g/mol. The highest BCUT2D eigenvalue weighted by Gasteiger charge is 2.08. The van der Waals surface area contributed by atoms with Gasteiger partial charge in [0.05, 0.1) is 0 Å². The topological polar surface area (TPSA) is 38.1 Å². The molecule has 0 aliphatic rings. The minimum Gasteiger partial charge on any atom is -0.423 e. The van der Waals surface area contributed by atoms with Gasteiger partial charge in [0.25, 0.3) is 6.01 Å². The van der Waals surface area contributed by atoms with Crippen LogP contribution >= 0.6 is 11.6 Å². The molecule has 1 heterocycles. The number of hydrogen-bond donors (Lipinski definition) is 1. The van der Waals surface area contributed by atoms with E-state index in [-0.39, 0.29) is 5.82 Å². The van der Waals surface area contributed by atoms with E-state index in [0.29, 0.717) is 27.8 Å². The highest BCUT2D eigenvalue weighted by molar-refractivity contribution is 6.31. The third-order valence-corrected chi connectivity index (χ3v) is 3.03. The number of nitrogens with one attached hydrogen (secondary N) is 1. The Kier molecular flexibility index (Phi) is 2.87. The zero-order valence-corrected chi connectivity index (χ0v) is 10.8. The van der Waals surface area contributed by atoms with Gasteiger partial charge in [-0.25, -0.2) is 4.39 Å². The Hall–Kier alpha value is -2.07. The van der Waals surface area contributed by atoms with Crippen LogP contribution in [0, 0.1) is 12.7 Å². The van der Waals surface area contributed by atoms with Gasteiger partial charge in [0.15, 0.2) is 5.58 Å². The molecule has 0 spiro atoms. The second-order valence-electron chi connectivity index (χ2n) is 4.22. The highest BCUT2D eigenvalue weighted by Crippen LogP contribution is 2.26. The van der Waals surface area contributed by atoms with Crippen LogP contribution < -0.4 is 5.32 Å². The molecule has 0 unspecified atom stereocenters. The third-order valence-electron chi connectivity index (χ3n) is 2.79. The van der Waals surface area contributed by atoms with Crippen LogP contribution in [-0.2, 0) is 0 Å². The monoisotopic (exact) mass is 276 g/mol. The van der Waals surface area contributed by atoms with E-state index in [0.717, 1.165) is 5.56 Å². The van der Waals surface area contributed by atoms with E-state index in [4.69, 9.17) is 16.0 Å². The molecular formula is C14H10ClFN2O. The first kappa shape index (κ1) is 12.0. The Morgan fingerprint density at radius 2 is 2.05 bits per heavy atom. The second-order valence-corrected chi connectivity index (χ2v) is 4.65. The molecule has 5 heteroatoms. The molecule has 3 aromatic rings. The van der Waals surface area contributed by atoms with E-state index < -0.39 is 0 Å². The molecule has 3 nitrogen and oxygen atoms in total. The molecule has 3 rings (SSSR count). The summed E-state index contributed by atoms with van der Waals surface area (Å²) in [5, 5.41) is 3.55. The van der Waals surface area contributed by atoms with Gasteiger partial charge >= 0.3 is 0 Å². The molecule has 19 heavy (non-hydrogen) atoms. The Labute approximate surface area is 114 Å². The van der Waals surface area contributed by atoms with Crippen molar-refractivity contribution in [2.45, 2.75) is 6.92 Å². The van der Waals surface area contributed by atoms with Crippen molar-refractivity contribution in [2.75, 3.05) is 5.32 Å². The van der Waals surface area contributed by atoms with E-state index >= 15 is 0 Å². The highest BCUT2D eigenvalue weighted by atomic mass is 35.5. The molecule has 0 aliphatic carbocycles. The smallest absolute Gasteiger partial charge is 0.300 e. The molecule has 0 amide bonds. The minimum atomic E-state index is -0.313. The Bertz CT molecular complexity index is 754. The van der Waals surface area contributed by atoms with Gasteiger partial charge in [-0.2, -0.15) is 4.98 Å². The van der Waals surface area contributed by atoms with Crippen molar-refractivity contribution < 1.29 is 8.81 Å². The number of fused-ring (bicyclic) bond motifs is 1. The van der Waals surface area contributed by atoms with Crippen molar-refractivity contribution in [3.8, 4) is 0 Å². The number of oxazole rings is 1. The van der Waals surface area contributed by atoms with Crippen LogP contribution in [0.4, 0.5) is 16.1 Å². The maximum atomic E-state index is 13.2. The molecule has 2 aromatic carbocycles. The largest absolute Gasteiger partial charge is 0.423 e. The predicted octanol–water partition coefficient (Wildman–Crippen LogP) is 4.67. The first-order valence-corrected chi connectivity index (χ1v) is 6.09. The van der Waals surface area contributed by atoms with Crippen LogP contribution in [0.3, 0.4) is 0 Å². The van der Waals surface area contributed by atoms with Crippen molar-refractivity contribution >= 4 is 34.4 Å². The number of rotatable bonds is 2. The summed E-state index contributed by atoms with van der Waals surface area (Å²) in [5.74, 6) is -0.313. The first-order chi connectivity index (χ1) is 9.11. The molecule has 0 aliphatic heterocycles. The molecule has 0 fully saturated rings. The van der Waals surface area contributed by atoms with Gasteiger partial charge in [-0.3, -0.25) is 0 Å². The lowest BCUT2D eigenvalue weighted by Crippen LogP contribution is -1.93. The van der Waals surface area contributed by atoms with Gasteiger partial charge in [0, 0.05) is 10.7 Å². The summed E-state index contributed by atoms with van der Waals surface area (Å²) in [7, 11) is 0. The fourth-order valence-corrected chi connectivity index (χ4v) is 1.96. The van der Waals surface area contributed by atoms with Crippen LogP contribution in [0.15, 0.2) is 40.8 Å². The van der Waals surface area contributed by atoms with E-state index in [1.807, 2.05) is 6.92 Å². The number of anilines is 2. The van der Waals surface area contributed by atoms with Crippen molar-refractivity contribution in [3.63, 3.8) is 0 Å². The van der Waals surface area contributed by atoms with Gasteiger partial charge in [0.1, 0.15) is 11.3 Å². The molecule has 0 saturated carbocycles. The zero-order chi connectivity index (χ0) is 13.4. The number of nitrogens with zero attached hydrogens (tertiary/aromatic N) is 1. The molecule has 1 N–H and O–H groups in total. The van der Waals surface area contributed by atoms with Gasteiger partial charge in [-0.05, 0) is 42.8 Å². The summed E-state index contributed by atoms with van der Waals surface area (Å²) < 4.78 is 18.7. The molecule has 0 bridgehead atoms. The van der Waals surface area contributed by atoms with E-state index in [2.05, 4.69) is 10.3 Å². The van der Waals surface area contributed by atoms with E-state index in [1.165, 1.54) is 12.1 Å². The molecular weight excluding hydrogens is 267 g/mol. The quantitative estimate of drug-likeness (QED) is 0.739. The Morgan fingerprint density at radius 1 is 1.21 bits per heavy atom. The van der Waals surface area contributed by atoms with Crippen molar-refractivity contribution in [3.05, 3.63) is 52.8 Å². The van der Waals surface area contributed by atoms with E-state index in [1.54, 1.807) is 24.3 Å². The molecule has 1 aromatic heterocycles. The van der Waals surface area contributed by atoms with Crippen molar-refractivity contribution in [1.82, 2.24) is 4.98 Å². The average Bonchev–Trinajstić information content (AvgIpc) is 2.75. The number of benzene rings is 2. The maximum Gasteiger partial charge on any atom is 0.300 e. The number of hydrogen-bond acceptors (Lipinski definition) is 3. The lowest BCUT2D eigenvalue weighted by molar-refractivity contribution is 0.619. The maximum absolute atomic E-state index is 13.2. The summed E-state index contributed by atoms with van der Waals surface area (Å²) in [6.07, 6.45) is 0. The van der Waals surface area contributed by atoms with Crippen LogP contribution in [-0.4, -0.2) is 4.98 Å². The number of halogens is 2. The van der Waals surface area contributed by atoms with Crippen LogP contribution in [0.2, 0.25) is 5.02 Å². The minimum absolute atomic E-state index is 0.311. The zero-order valence-electron chi connectivity index (χ0n) is 10.1. The van der Waals surface area contributed by atoms with Crippen molar-refractivity contribution in [2.24, 2.45) is 0 Å². The lowest BCUT2D eigenvalue weighted by Gasteiger charge is -2.05.